The number of pyridine rings is 1. The van der Waals surface area contributed by atoms with Crippen molar-refractivity contribution in [2.45, 2.75) is 6.42 Å². The number of carbonyl (C=O) groups excluding carboxylic acids is 1. The first-order valence-electron chi connectivity index (χ1n) is 8.23. The third kappa shape index (κ3) is 3.39. The Morgan fingerprint density at radius 3 is 2.65 bits per heavy atom. The third-order valence-corrected chi connectivity index (χ3v) is 4.04. The fourth-order valence-electron chi connectivity index (χ4n) is 2.80. The average Bonchev–Trinajstić information content (AvgIpc) is 3.04. The monoisotopic (exact) mass is 343 g/mol. The Kier molecular flexibility index (Phi) is 4.07. The number of nitrogens with zero attached hydrogens (tertiary/aromatic N) is 3. The standard InChI is InChI=1S/C20H17N5O/c21-19(26)16-6-4-5-14(12-16)11-15-9-10-18-23-20(24-25(18)13-15)22-17-7-2-1-3-8-17/h1-10,12-13H,11H2,(H2,21,26)(H,22,24). The van der Waals surface area contributed by atoms with Crippen LogP contribution in [0, 0.1) is 0 Å². The van der Waals surface area contributed by atoms with Gasteiger partial charge in [0.25, 0.3) is 0 Å². The number of carbonyl (C=O) groups is 1. The summed E-state index contributed by atoms with van der Waals surface area (Å²) in [5, 5.41) is 7.66. The molecule has 26 heavy (non-hydrogen) atoms. The van der Waals surface area contributed by atoms with Gasteiger partial charge < -0.3 is 11.1 Å². The number of hydrogen-bond acceptors (Lipinski definition) is 4. The van der Waals surface area contributed by atoms with Gasteiger partial charge in [-0.1, -0.05) is 36.4 Å². The van der Waals surface area contributed by atoms with Crippen LogP contribution in [0.1, 0.15) is 21.5 Å². The molecule has 4 rings (SSSR count). The Labute approximate surface area is 150 Å². The van der Waals surface area contributed by atoms with Crippen LogP contribution in [0.4, 0.5) is 11.6 Å². The van der Waals surface area contributed by atoms with E-state index in [4.69, 9.17) is 5.73 Å². The lowest BCUT2D eigenvalue weighted by Crippen LogP contribution is -2.11. The van der Waals surface area contributed by atoms with Gasteiger partial charge in [0.2, 0.25) is 11.9 Å². The van der Waals surface area contributed by atoms with E-state index in [-0.39, 0.29) is 0 Å². The molecule has 1 amide bonds. The molecule has 0 radical (unpaired) electrons. The van der Waals surface area contributed by atoms with Gasteiger partial charge in [-0.2, -0.15) is 4.98 Å². The van der Waals surface area contributed by atoms with Gasteiger partial charge >= 0.3 is 0 Å². The van der Waals surface area contributed by atoms with E-state index in [1.165, 1.54) is 0 Å². The minimum atomic E-state index is -0.421. The molecule has 0 spiro atoms. The number of fused-ring (bicyclic) bond motifs is 1. The quantitative estimate of drug-likeness (QED) is 0.583. The zero-order chi connectivity index (χ0) is 17.9. The van der Waals surface area contributed by atoms with Crippen molar-refractivity contribution in [1.29, 1.82) is 0 Å². The molecule has 0 saturated carbocycles. The molecular formula is C20H17N5O. The number of aromatic nitrogens is 3. The maximum Gasteiger partial charge on any atom is 0.248 e. The minimum absolute atomic E-state index is 0.421. The van der Waals surface area contributed by atoms with Crippen LogP contribution in [-0.4, -0.2) is 20.5 Å². The molecule has 0 fully saturated rings. The van der Waals surface area contributed by atoms with Gasteiger partial charge in [-0.25, -0.2) is 4.52 Å². The third-order valence-electron chi connectivity index (χ3n) is 4.04. The first kappa shape index (κ1) is 15.8. The molecule has 2 heterocycles. The maximum atomic E-state index is 11.3. The minimum Gasteiger partial charge on any atom is -0.366 e. The summed E-state index contributed by atoms with van der Waals surface area (Å²) >= 11 is 0. The van der Waals surface area contributed by atoms with Crippen LogP contribution in [-0.2, 0) is 6.42 Å². The molecule has 0 atom stereocenters. The lowest BCUT2D eigenvalue weighted by Gasteiger charge is -2.04. The molecule has 0 saturated heterocycles. The highest BCUT2D eigenvalue weighted by Crippen LogP contribution is 2.16. The van der Waals surface area contributed by atoms with E-state index in [2.05, 4.69) is 15.4 Å². The van der Waals surface area contributed by atoms with Crippen LogP contribution < -0.4 is 11.1 Å². The van der Waals surface area contributed by atoms with Crippen LogP contribution in [0.5, 0.6) is 0 Å². The Morgan fingerprint density at radius 2 is 1.85 bits per heavy atom. The number of para-hydroxylation sites is 1. The topological polar surface area (TPSA) is 85.3 Å². The number of primary amides is 1. The van der Waals surface area contributed by atoms with Crippen molar-refractivity contribution in [2.24, 2.45) is 5.73 Å². The van der Waals surface area contributed by atoms with Gasteiger partial charge in [0.05, 0.1) is 0 Å². The van der Waals surface area contributed by atoms with Crippen LogP contribution in [0.25, 0.3) is 5.65 Å². The van der Waals surface area contributed by atoms with Gasteiger partial charge in [-0.05, 0) is 47.9 Å². The van der Waals surface area contributed by atoms with Crippen molar-refractivity contribution in [3.05, 3.63) is 89.6 Å². The number of amides is 1. The maximum absolute atomic E-state index is 11.3. The molecule has 0 aliphatic rings. The first-order chi connectivity index (χ1) is 12.7. The molecule has 2 aromatic heterocycles. The molecule has 0 aliphatic heterocycles. The molecule has 2 aromatic carbocycles. The fraction of sp³-hybridized carbons (Fsp3) is 0.0500. The number of hydrogen-bond donors (Lipinski definition) is 2. The van der Waals surface area contributed by atoms with Crippen LogP contribution >= 0.6 is 0 Å². The predicted molar refractivity (Wildman–Crippen MR) is 100 cm³/mol. The molecule has 3 N–H and O–H groups in total. The van der Waals surface area contributed by atoms with Crippen molar-refractivity contribution < 1.29 is 4.79 Å². The van der Waals surface area contributed by atoms with Crippen molar-refractivity contribution in [1.82, 2.24) is 14.6 Å². The first-order valence-corrected chi connectivity index (χ1v) is 8.23. The number of nitrogens with two attached hydrogens (primary N) is 1. The second kappa shape index (κ2) is 6.68. The van der Waals surface area contributed by atoms with Gasteiger partial charge in [-0.15, -0.1) is 5.10 Å². The second-order valence-electron chi connectivity index (χ2n) is 6.01. The predicted octanol–water partition coefficient (Wildman–Crippen LogP) is 3.16. The molecule has 6 nitrogen and oxygen atoms in total. The van der Waals surface area contributed by atoms with E-state index in [9.17, 15) is 4.79 Å². The van der Waals surface area contributed by atoms with Crippen LogP contribution in [0.2, 0.25) is 0 Å². The highest BCUT2D eigenvalue weighted by atomic mass is 16.1. The molecule has 128 valence electrons. The SMILES string of the molecule is NC(=O)c1cccc(Cc2ccc3nc(Nc4ccccc4)nn3c2)c1. The molecule has 4 aromatic rings. The summed E-state index contributed by atoms with van der Waals surface area (Å²) in [6.45, 7) is 0. The van der Waals surface area contributed by atoms with Crippen molar-refractivity contribution in [2.75, 3.05) is 5.32 Å². The zero-order valence-electron chi connectivity index (χ0n) is 14.0. The summed E-state index contributed by atoms with van der Waals surface area (Å²) in [6, 6.07) is 21.1. The smallest absolute Gasteiger partial charge is 0.248 e. The van der Waals surface area contributed by atoms with E-state index in [1.54, 1.807) is 10.6 Å². The van der Waals surface area contributed by atoms with E-state index in [0.29, 0.717) is 17.9 Å². The lowest BCUT2D eigenvalue weighted by atomic mass is 10.0. The van der Waals surface area contributed by atoms with Crippen LogP contribution in [0.15, 0.2) is 72.9 Å². The summed E-state index contributed by atoms with van der Waals surface area (Å²) in [5.41, 5.74) is 9.64. The summed E-state index contributed by atoms with van der Waals surface area (Å²) < 4.78 is 1.75. The molecule has 0 unspecified atom stereocenters. The van der Waals surface area contributed by atoms with Crippen LogP contribution in [0.3, 0.4) is 0 Å². The Morgan fingerprint density at radius 1 is 1.00 bits per heavy atom. The normalized spacial score (nSPS) is 10.8. The van der Waals surface area contributed by atoms with Gasteiger partial charge in [0.15, 0.2) is 5.65 Å². The number of nitrogens with one attached hydrogen (secondary N) is 1. The largest absolute Gasteiger partial charge is 0.366 e. The van der Waals surface area contributed by atoms with Crippen molar-refractivity contribution in [3.8, 4) is 0 Å². The van der Waals surface area contributed by atoms with Crippen molar-refractivity contribution in [3.63, 3.8) is 0 Å². The Balaban J connectivity index is 1.57. The summed E-state index contributed by atoms with van der Waals surface area (Å²) in [7, 11) is 0. The van der Waals surface area contributed by atoms with E-state index >= 15 is 0 Å². The number of benzene rings is 2. The highest BCUT2D eigenvalue weighted by molar-refractivity contribution is 5.92. The Hall–Kier alpha value is -3.67. The van der Waals surface area contributed by atoms with Gasteiger partial charge in [-0.3, -0.25) is 4.79 Å². The zero-order valence-corrected chi connectivity index (χ0v) is 14.0. The van der Waals surface area contributed by atoms with E-state index in [1.807, 2.05) is 66.9 Å². The van der Waals surface area contributed by atoms with E-state index < -0.39 is 5.91 Å². The van der Waals surface area contributed by atoms with Gasteiger partial charge in [0.1, 0.15) is 0 Å². The van der Waals surface area contributed by atoms with E-state index in [0.717, 1.165) is 22.5 Å². The molecule has 6 heteroatoms. The van der Waals surface area contributed by atoms with Gasteiger partial charge in [0, 0.05) is 17.4 Å². The molecule has 0 bridgehead atoms. The number of anilines is 2. The summed E-state index contributed by atoms with van der Waals surface area (Å²) in [6.07, 6.45) is 2.62. The van der Waals surface area contributed by atoms with Crippen molar-refractivity contribution >= 4 is 23.2 Å². The second-order valence-corrected chi connectivity index (χ2v) is 6.01. The molecule has 0 aliphatic carbocycles. The fourth-order valence-corrected chi connectivity index (χ4v) is 2.80. The summed E-state index contributed by atoms with van der Waals surface area (Å²) in [4.78, 5) is 15.8. The number of rotatable bonds is 5. The Bertz CT molecular complexity index is 1070. The highest BCUT2D eigenvalue weighted by Gasteiger charge is 2.06. The lowest BCUT2D eigenvalue weighted by molar-refractivity contribution is 0.1000. The average molecular weight is 343 g/mol. The summed E-state index contributed by atoms with van der Waals surface area (Å²) in [5.74, 6) is 0.124. The molecular weight excluding hydrogens is 326 g/mol.